The van der Waals surface area contributed by atoms with Gasteiger partial charge in [-0.25, -0.2) is 4.98 Å². The minimum atomic E-state index is 0.490. The number of piperidine rings is 1. The molecule has 168 valence electrons. The van der Waals surface area contributed by atoms with Crippen LogP contribution < -0.4 is 5.73 Å². The first-order chi connectivity index (χ1) is 16.1. The summed E-state index contributed by atoms with van der Waals surface area (Å²) in [4.78, 5) is 7.77. The van der Waals surface area contributed by atoms with E-state index in [2.05, 4.69) is 77.1 Å². The molecule has 3 aromatic carbocycles. The van der Waals surface area contributed by atoms with Crippen molar-refractivity contribution in [2.24, 2.45) is 5.92 Å². The van der Waals surface area contributed by atoms with Crippen LogP contribution in [-0.2, 0) is 12.8 Å². The molecule has 1 saturated heterocycles. The summed E-state index contributed by atoms with van der Waals surface area (Å²) in [6.07, 6.45) is 4.71. The number of nitrogens with two attached hydrogens (primary N) is 1. The molecule has 2 N–H and O–H groups in total. The number of imidazole rings is 1. The highest BCUT2D eigenvalue weighted by atomic mass is 15.2. The summed E-state index contributed by atoms with van der Waals surface area (Å²) in [7, 11) is 0. The van der Waals surface area contributed by atoms with Crippen LogP contribution in [0.25, 0.3) is 22.4 Å². The molecule has 4 aromatic rings. The van der Waals surface area contributed by atoms with E-state index < -0.39 is 0 Å². The van der Waals surface area contributed by atoms with Crippen LogP contribution in [0.15, 0.2) is 66.7 Å². The van der Waals surface area contributed by atoms with Gasteiger partial charge in [0, 0.05) is 36.9 Å². The van der Waals surface area contributed by atoms with Crippen LogP contribution in [-0.4, -0.2) is 34.1 Å². The first-order valence-electron chi connectivity index (χ1n) is 12.3. The van der Waals surface area contributed by atoms with Crippen molar-refractivity contribution >= 4 is 16.7 Å². The van der Waals surface area contributed by atoms with E-state index in [0.29, 0.717) is 6.04 Å². The summed E-state index contributed by atoms with van der Waals surface area (Å²) >= 11 is 0. The first kappa shape index (κ1) is 20.5. The number of aryl methyl sites for hydroxylation is 1. The fraction of sp³-hybridized carbons (Fsp3) is 0.345. The SMILES string of the molecule is Cc1ccc2c(c1)nc(-c1ccccc1)n2C1CCN(C[C@@H]2Cc3ccc(N)cc3C2)CC1. The minimum absolute atomic E-state index is 0.490. The molecule has 0 saturated carbocycles. The van der Waals surface area contributed by atoms with E-state index in [0.717, 1.165) is 36.0 Å². The maximum Gasteiger partial charge on any atom is 0.141 e. The molecule has 1 aromatic heterocycles. The van der Waals surface area contributed by atoms with Crippen molar-refractivity contribution in [1.29, 1.82) is 0 Å². The van der Waals surface area contributed by atoms with Crippen molar-refractivity contribution in [2.75, 3.05) is 25.4 Å². The molecule has 4 nitrogen and oxygen atoms in total. The third-order valence-corrected chi connectivity index (χ3v) is 7.56. The number of benzene rings is 3. The van der Waals surface area contributed by atoms with Gasteiger partial charge >= 0.3 is 0 Å². The van der Waals surface area contributed by atoms with Crippen LogP contribution in [0.2, 0.25) is 0 Å². The molecule has 6 rings (SSSR count). The molecule has 4 heteroatoms. The predicted octanol–water partition coefficient (Wildman–Crippen LogP) is 5.65. The number of fused-ring (bicyclic) bond motifs is 2. The van der Waals surface area contributed by atoms with Crippen LogP contribution in [0.1, 0.15) is 35.6 Å². The van der Waals surface area contributed by atoms with Crippen LogP contribution in [0.3, 0.4) is 0 Å². The van der Waals surface area contributed by atoms with Gasteiger partial charge in [-0.05, 0) is 79.5 Å². The fourth-order valence-corrected chi connectivity index (χ4v) is 5.95. The highest BCUT2D eigenvalue weighted by molar-refractivity contribution is 5.81. The lowest BCUT2D eigenvalue weighted by Crippen LogP contribution is -2.38. The second kappa shape index (κ2) is 8.35. The lowest BCUT2D eigenvalue weighted by molar-refractivity contribution is 0.166. The molecule has 33 heavy (non-hydrogen) atoms. The fourth-order valence-electron chi connectivity index (χ4n) is 5.95. The van der Waals surface area contributed by atoms with E-state index >= 15 is 0 Å². The Kier molecular flexibility index (Phi) is 5.18. The van der Waals surface area contributed by atoms with Gasteiger partial charge in [0.15, 0.2) is 0 Å². The average Bonchev–Trinajstić information content (AvgIpc) is 3.40. The second-order valence-corrected chi connectivity index (χ2v) is 10.00. The standard InChI is InChI=1S/C29H32N4/c1-20-7-10-28-27(15-20)31-29(22-5-3-2-4-6-22)33(28)26-11-13-32(14-12-26)19-21-16-23-8-9-25(30)18-24(23)17-21/h2-10,15,18,21,26H,11-14,16-17,19,30H2,1H3/t21-/m1/s1. The van der Waals surface area contributed by atoms with Crippen molar-refractivity contribution < 1.29 is 0 Å². The quantitative estimate of drug-likeness (QED) is 0.421. The summed E-state index contributed by atoms with van der Waals surface area (Å²) in [6.45, 7) is 5.64. The van der Waals surface area contributed by atoms with Gasteiger partial charge in [-0.1, -0.05) is 42.5 Å². The number of rotatable bonds is 4. The number of aromatic nitrogens is 2. The van der Waals surface area contributed by atoms with Gasteiger partial charge in [-0.2, -0.15) is 0 Å². The summed E-state index contributed by atoms with van der Waals surface area (Å²) in [5.41, 5.74) is 14.7. The smallest absolute Gasteiger partial charge is 0.141 e. The van der Waals surface area contributed by atoms with Crippen molar-refractivity contribution in [2.45, 2.75) is 38.6 Å². The topological polar surface area (TPSA) is 47.1 Å². The summed E-state index contributed by atoms with van der Waals surface area (Å²) < 4.78 is 2.52. The number of likely N-dealkylation sites (tertiary alicyclic amines) is 1. The maximum absolute atomic E-state index is 6.01. The van der Waals surface area contributed by atoms with E-state index in [4.69, 9.17) is 10.7 Å². The second-order valence-electron chi connectivity index (χ2n) is 10.00. The zero-order chi connectivity index (χ0) is 22.4. The number of hydrogen-bond acceptors (Lipinski definition) is 3. The van der Waals surface area contributed by atoms with Crippen LogP contribution in [0.4, 0.5) is 5.69 Å². The van der Waals surface area contributed by atoms with Crippen LogP contribution in [0.5, 0.6) is 0 Å². The highest BCUT2D eigenvalue weighted by Gasteiger charge is 2.28. The zero-order valence-corrected chi connectivity index (χ0v) is 19.4. The van der Waals surface area contributed by atoms with E-state index in [1.165, 1.54) is 60.0 Å². The molecular weight excluding hydrogens is 404 g/mol. The van der Waals surface area contributed by atoms with E-state index in [1.807, 2.05) is 6.07 Å². The van der Waals surface area contributed by atoms with Crippen molar-refractivity contribution in [3.8, 4) is 11.4 Å². The molecule has 1 aliphatic carbocycles. The lowest BCUT2D eigenvalue weighted by Gasteiger charge is -2.35. The Balaban J connectivity index is 1.20. The lowest BCUT2D eigenvalue weighted by atomic mass is 10.00. The van der Waals surface area contributed by atoms with Gasteiger partial charge in [0.25, 0.3) is 0 Å². The normalized spacial score (nSPS) is 19.2. The Bertz CT molecular complexity index is 1280. The number of hydrogen-bond donors (Lipinski definition) is 1. The first-order valence-corrected chi connectivity index (χ1v) is 12.3. The minimum Gasteiger partial charge on any atom is -0.399 e. The Morgan fingerprint density at radius 2 is 1.70 bits per heavy atom. The third kappa shape index (κ3) is 3.93. The molecule has 0 radical (unpaired) electrons. The zero-order valence-electron chi connectivity index (χ0n) is 19.4. The molecular formula is C29H32N4. The molecule has 0 amide bonds. The molecule has 2 aliphatic rings. The summed E-state index contributed by atoms with van der Waals surface area (Å²) in [6, 6.07) is 24.3. The van der Waals surface area contributed by atoms with Gasteiger partial charge in [-0.3, -0.25) is 0 Å². The van der Waals surface area contributed by atoms with Gasteiger partial charge in [0.2, 0.25) is 0 Å². The third-order valence-electron chi connectivity index (χ3n) is 7.56. The van der Waals surface area contributed by atoms with E-state index in [1.54, 1.807) is 0 Å². The van der Waals surface area contributed by atoms with Crippen molar-refractivity contribution in [3.63, 3.8) is 0 Å². The monoisotopic (exact) mass is 436 g/mol. The van der Waals surface area contributed by atoms with Crippen molar-refractivity contribution in [1.82, 2.24) is 14.5 Å². The number of nitrogen functional groups attached to an aromatic ring is 1. The molecule has 0 spiro atoms. The number of anilines is 1. The van der Waals surface area contributed by atoms with Gasteiger partial charge in [0.05, 0.1) is 11.0 Å². The number of nitrogens with zero attached hydrogens (tertiary/aromatic N) is 3. The predicted molar refractivity (Wildman–Crippen MR) is 136 cm³/mol. The molecule has 1 fully saturated rings. The van der Waals surface area contributed by atoms with Gasteiger partial charge < -0.3 is 15.2 Å². The van der Waals surface area contributed by atoms with Gasteiger partial charge in [0.1, 0.15) is 5.82 Å². The molecule has 1 aliphatic heterocycles. The maximum atomic E-state index is 6.01. The Labute approximate surface area is 196 Å². The van der Waals surface area contributed by atoms with Crippen LogP contribution >= 0.6 is 0 Å². The Morgan fingerprint density at radius 3 is 2.52 bits per heavy atom. The largest absolute Gasteiger partial charge is 0.399 e. The Hall–Kier alpha value is -3.11. The Morgan fingerprint density at radius 1 is 0.909 bits per heavy atom. The molecule has 0 unspecified atom stereocenters. The van der Waals surface area contributed by atoms with E-state index in [-0.39, 0.29) is 0 Å². The molecule has 1 atom stereocenters. The highest BCUT2D eigenvalue weighted by Crippen LogP contribution is 2.35. The summed E-state index contributed by atoms with van der Waals surface area (Å²) in [5.74, 6) is 1.83. The molecule has 2 heterocycles. The molecule has 0 bridgehead atoms. The average molecular weight is 437 g/mol. The van der Waals surface area contributed by atoms with E-state index in [9.17, 15) is 0 Å². The van der Waals surface area contributed by atoms with Gasteiger partial charge in [-0.15, -0.1) is 0 Å². The van der Waals surface area contributed by atoms with Crippen LogP contribution in [0, 0.1) is 12.8 Å². The van der Waals surface area contributed by atoms with Crippen molar-refractivity contribution in [3.05, 3.63) is 83.4 Å². The summed E-state index contributed by atoms with van der Waals surface area (Å²) in [5, 5.41) is 0.